The molecule has 0 bridgehead atoms. The van der Waals surface area contributed by atoms with Gasteiger partial charge in [0.15, 0.2) is 5.78 Å². The molecule has 4 amide bonds. The van der Waals surface area contributed by atoms with Gasteiger partial charge in [-0.05, 0) is 51.0 Å². The highest BCUT2D eigenvalue weighted by molar-refractivity contribution is 5.97. The summed E-state index contributed by atoms with van der Waals surface area (Å²) >= 11 is 0. The number of rotatable bonds is 12. The van der Waals surface area contributed by atoms with Crippen LogP contribution in [0.4, 0.5) is 9.59 Å². The summed E-state index contributed by atoms with van der Waals surface area (Å²) in [5.41, 5.74) is 0.140. The molecule has 0 aliphatic carbocycles. The standard InChI is InChI=1S/C30H46N4O7/c1-19(2)13-22(15-31-28(38)41-30(5,6)7)27(37)34-16-24(25(35)17-34)32-26(36)23(14-20(3)4)33-29(39)40-18-21-11-9-8-10-12-21/h8-12,19-20,22-24H,13-18H2,1-7H3,(H,31,38)(H,32,36)(H,33,39)/t22-,23-,24?/m0/s1. The quantitative estimate of drug-likeness (QED) is 0.347. The second-order valence-electron chi connectivity index (χ2n) is 12.3. The van der Waals surface area contributed by atoms with E-state index in [1.165, 1.54) is 4.90 Å². The highest BCUT2D eigenvalue weighted by atomic mass is 16.6. The summed E-state index contributed by atoms with van der Waals surface area (Å²) < 4.78 is 10.5. The number of nitrogens with zero attached hydrogens (tertiary/aromatic N) is 1. The zero-order valence-corrected chi connectivity index (χ0v) is 25.3. The van der Waals surface area contributed by atoms with Crippen molar-refractivity contribution >= 4 is 29.8 Å². The lowest BCUT2D eigenvalue weighted by atomic mass is 9.95. The van der Waals surface area contributed by atoms with E-state index >= 15 is 0 Å². The predicted molar refractivity (Wildman–Crippen MR) is 154 cm³/mol. The number of Topliss-reactive ketones (excluding diaryl/α,β-unsaturated/α-hetero) is 1. The molecule has 3 atom stereocenters. The van der Waals surface area contributed by atoms with Crippen molar-refractivity contribution < 1.29 is 33.4 Å². The number of hydrogen-bond acceptors (Lipinski definition) is 7. The maximum Gasteiger partial charge on any atom is 0.408 e. The van der Waals surface area contributed by atoms with Gasteiger partial charge in [0.05, 0.1) is 12.5 Å². The van der Waals surface area contributed by atoms with Crippen LogP contribution in [-0.2, 0) is 30.5 Å². The minimum atomic E-state index is -0.914. The first-order valence-corrected chi connectivity index (χ1v) is 14.2. The van der Waals surface area contributed by atoms with Gasteiger partial charge in [-0.3, -0.25) is 14.4 Å². The SMILES string of the molecule is CC(C)C[C@@H](CNC(=O)OC(C)(C)C)C(=O)N1CC(=O)C(NC(=O)[C@H](CC(C)C)NC(=O)OCc2ccccc2)C1. The van der Waals surface area contributed by atoms with Crippen LogP contribution in [0.2, 0.25) is 0 Å². The van der Waals surface area contributed by atoms with Crippen LogP contribution in [0, 0.1) is 17.8 Å². The lowest BCUT2D eigenvalue weighted by Crippen LogP contribution is -2.52. The van der Waals surface area contributed by atoms with E-state index in [2.05, 4.69) is 16.0 Å². The molecule has 1 aromatic carbocycles. The third kappa shape index (κ3) is 12.2. The van der Waals surface area contributed by atoms with Crippen LogP contribution in [-0.4, -0.2) is 72.0 Å². The first kappa shape index (κ1) is 33.6. The fourth-order valence-electron chi connectivity index (χ4n) is 4.48. The zero-order valence-electron chi connectivity index (χ0n) is 25.3. The number of carbonyl (C=O) groups excluding carboxylic acids is 5. The lowest BCUT2D eigenvalue weighted by molar-refractivity contribution is -0.136. The molecule has 0 aromatic heterocycles. The minimum Gasteiger partial charge on any atom is -0.445 e. The molecule has 1 aliphatic rings. The molecular weight excluding hydrogens is 528 g/mol. The first-order valence-electron chi connectivity index (χ1n) is 14.2. The van der Waals surface area contributed by atoms with Crippen LogP contribution in [0.3, 0.4) is 0 Å². The molecule has 11 nitrogen and oxygen atoms in total. The highest BCUT2D eigenvalue weighted by Crippen LogP contribution is 2.18. The third-order valence-electron chi connectivity index (χ3n) is 6.29. The monoisotopic (exact) mass is 574 g/mol. The lowest BCUT2D eigenvalue weighted by Gasteiger charge is -2.26. The van der Waals surface area contributed by atoms with Gasteiger partial charge in [-0.25, -0.2) is 9.59 Å². The summed E-state index contributed by atoms with van der Waals surface area (Å²) in [6.07, 6.45) is -0.518. The Labute approximate surface area is 243 Å². The van der Waals surface area contributed by atoms with Crippen molar-refractivity contribution in [2.24, 2.45) is 17.8 Å². The molecule has 11 heteroatoms. The van der Waals surface area contributed by atoms with Gasteiger partial charge in [0.1, 0.15) is 24.3 Å². The molecule has 2 rings (SSSR count). The number of amides is 4. The van der Waals surface area contributed by atoms with Crippen molar-refractivity contribution in [3.05, 3.63) is 35.9 Å². The predicted octanol–water partition coefficient (Wildman–Crippen LogP) is 3.41. The van der Waals surface area contributed by atoms with E-state index in [1.54, 1.807) is 20.8 Å². The molecule has 1 heterocycles. The molecule has 1 unspecified atom stereocenters. The maximum atomic E-state index is 13.4. The van der Waals surface area contributed by atoms with Crippen molar-refractivity contribution in [3.63, 3.8) is 0 Å². The summed E-state index contributed by atoms with van der Waals surface area (Å²) in [5, 5.41) is 7.98. The topological polar surface area (TPSA) is 143 Å². The van der Waals surface area contributed by atoms with Gasteiger partial charge in [-0.2, -0.15) is 0 Å². The van der Waals surface area contributed by atoms with Gasteiger partial charge < -0.3 is 30.3 Å². The van der Waals surface area contributed by atoms with Crippen LogP contribution in [0.15, 0.2) is 30.3 Å². The van der Waals surface area contributed by atoms with E-state index in [4.69, 9.17) is 9.47 Å². The highest BCUT2D eigenvalue weighted by Gasteiger charge is 2.38. The molecule has 1 aromatic rings. The van der Waals surface area contributed by atoms with Gasteiger partial charge in [-0.15, -0.1) is 0 Å². The van der Waals surface area contributed by atoms with Gasteiger partial charge in [-0.1, -0.05) is 58.0 Å². The van der Waals surface area contributed by atoms with E-state index in [0.717, 1.165) is 5.56 Å². The van der Waals surface area contributed by atoms with Gasteiger partial charge in [0.2, 0.25) is 11.8 Å². The molecule has 0 saturated carbocycles. The van der Waals surface area contributed by atoms with E-state index in [9.17, 15) is 24.0 Å². The number of likely N-dealkylation sites (tertiary alicyclic amines) is 1. The van der Waals surface area contributed by atoms with Crippen molar-refractivity contribution in [2.45, 2.75) is 85.6 Å². The van der Waals surface area contributed by atoms with Gasteiger partial charge in [0, 0.05) is 13.1 Å². The summed E-state index contributed by atoms with van der Waals surface area (Å²) in [5.74, 6) is -1.41. The molecule has 228 valence electrons. The van der Waals surface area contributed by atoms with E-state index in [-0.39, 0.29) is 49.8 Å². The normalized spacial score (nSPS) is 16.8. The minimum absolute atomic E-state index is 0.0112. The number of ether oxygens (including phenoxy) is 2. The molecule has 0 spiro atoms. The Bertz CT molecular complexity index is 1050. The Hall–Kier alpha value is -3.63. The van der Waals surface area contributed by atoms with E-state index < -0.39 is 41.7 Å². The molecule has 1 aliphatic heterocycles. The summed E-state index contributed by atoms with van der Waals surface area (Å²) in [6, 6.07) is 7.36. The van der Waals surface area contributed by atoms with Crippen molar-refractivity contribution in [1.82, 2.24) is 20.9 Å². The largest absolute Gasteiger partial charge is 0.445 e. The number of nitrogens with one attached hydrogen (secondary N) is 3. The Morgan fingerprint density at radius 3 is 2.20 bits per heavy atom. The van der Waals surface area contributed by atoms with E-state index in [1.807, 2.05) is 58.0 Å². The number of benzene rings is 1. The number of ketones is 1. The van der Waals surface area contributed by atoms with Crippen LogP contribution in [0.25, 0.3) is 0 Å². The Morgan fingerprint density at radius 2 is 1.61 bits per heavy atom. The fourth-order valence-corrected chi connectivity index (χ4v) is 4.48. The Balaban J connectivity index is 1.99. The Kier molecular flexibility index (Phi) is 12.6. The van der Waals surface area contributed by atoms with Gasteiger partial charge >= 0.3 is 12.2 Å². The molecule has 41 heavy (non-hydrogen) atoms. The van der Waals surface area contributed by atoms with Crippen molar-refractivity contribution in [2.75, 3.05) is 19.6 Å². The molecule has 0 radical (unpaired) electrons. The summed E-state index contributed by atoms with van der Waals surface area (Å²) in [6.45, 7) is 13.0. The summed E-state index contributed by atoms with van der Waals surface area (Å²) in [4.78, 5) is 65.3. The van der Waals surface area contributed by atoms with Gasteiger partial charge in [0.25, 0.3) is 0 Å². The van der Waals surface area contributed by atoms with Crippen LogP contribution < -0.4 is 16.0 Å². The van der Waals surface area contributed by atoms with Crippen LogP contribution in [0.1, 0.15) is 66.9 Å². The van der Waals surface area contributed by atoms with E-state index in [0.29, 0.717) is 12.8 Å². The molecule has 1 saturated heterocycles. The zero-order chi connectivity index (χ0) is 30.7. The maximum absolute atomic E-state index is 13.4. The number of carbonyl (C=O) groups is 5. The third-order valence-corrected chi connectivity index (χ3v) is 6.29. The number of hydrogen-bond donors (Lipinski definition) is 3. The second-order valence-corrected chi connectivity index (χ2v) is 12.3. The molecule has 1 fully saturated rings. The van der Waals surface area contributed by atoms with Crippen LogP contribution >= 0.6 is 0 Å². The Morgan fingerprint density at radius 1 is 0.976 bits per heavy atom. The number of alkyl carbamates (subject to hydrolysis) is 2. The average molecular weight is 575 g/mol. The smallest absolute Gasteiger partial charge is 0.408 e. The molecule has 3 N–H and O–H groups in total. The van der Waals surface area contributed by atoms with Crippen molar-refractivity contribution in [1.29, 1.82) is 0 Å². The van der Waals surface area contributed by atoms with Crippen molar-refractivity contribution in [3.8, 4) is 0 Å². The average Bonchev–Trinajstić information content (AvgIpc) is 3.23. The fraction of sp³-hybridized carbons (Fsp3) is 0.633. The molecular formula is C30H46N4O7. The second kappa shape index (κ2) is 15.4. The van der Waals surface area contributed by atoms with Crippen LogP contribution in [0.5, 0.6) is 0 Å². The first-order chi connectivity index (χ1) is 19.1. The summed E-state index contributed by atoms with van der Waals surface area (Å²) in [7, 11) is 0.